The van der Waals surface area contributed by atoms with Gasteiger partial charge in [-0.15, -0.1) is 0 Å². The molecule has 0 aliphatic carbocycles. The van der Waals surface area contributed by atoms with Gasteiger partial charge in [-0.25, -0.2) is 0 Å². The summed E-state index contributed by atoms with van der Waals surface area (Å²) in [5, 5.41) is 0. The Labute approximate surface area is 331 Å². The van der Waals surface area contributed by atoms with E-state index >= 15 is 0 Å². The summed E-state index contributed by atoms with van der Waals surface area (Å²) < 4.78 is 0. The zero-order valence-electron chi connectivity index (χ0n) is 35.3. The molecule has 276 valence electrons. The first-order chi connectivity index (χ1) is 26.1. The highest BCUT2D eigenvalue weighted by atomic mass is 14.2. The van der Waals surface area contributed by atoms with Crippen LogP contribution in [0.2, 0.25) is 0 Å². The molecule has 0 N–H and O–H groups in total. The third-order valence-corrected chi connectivity index (χ3v) is 12.7. The fourth-order valence-electron chi connectivity index (χ4n) is 8.18. The normalized spacial score (nSPS) is 11.4. The Bertz CT molecular complexity index is 2230. The van der Waals surface area contributed by atoms with Crippen molar-refractivity contribution in [3.63, 3.8) is 0 Å². The second kappa shape index (κ2) is 14.6. The van der Waals surface area contributed by atoms with E-state index in [4.69, 9.17) is 0 Å². The SMILES string of the molecule is Cc1cc(-c2cc(-c3cc(C)c(C)c(C)c3)cc(-c3cc(C)c(C)c(C)c3)c2)cc(-c2cc(-c3cc(C)c(C)c(C)c3)cc(-c3cc(C)c(C)c(C)c3)c2)c1. The van der Waals surface area contributed by atoms with Crippen molar-refractivity contribution in [2.75, 3.05) is 0 Å². The van der Waals surface area contributed by atoms with Gasteiger partial charge >= 0.3 is 0 Å². The first-order valence-electron chi connectivity index (χ1n) is 19.8. The van der Waals surface area contributed by atoms with E-state index in [0.717, 1.165) is 0 Å². The third kappa shape index (κ3) is 7.48. The molecule has 0 unspecified atom stereocenters. The number of rotatable bonds is 6. The van der Waals surface area contributed by atoms with Gasteiger partial charge in [-0.3, -0.25) is 0 Å². The maximum atomic E-state index is 2.41. The molecule has 7 rings (SSSR count). The molecular weight excluding hydrogens is 661 g/mol. The van der Waals surface area contributed by atoms with Crippen molar-refractivity contribution >= 4 is 0 Å². The largest absolute Gasteiger partial charge is 0.0514 e. The minimum Gasteiger partial charge on any atom is -0.0514 e. The molecule has 0 nitrogen and oxygen atoms in total. The smallest absolute Gasteiger partial charge is 0.0171 e. The maximum absolute atomic E-state index is 2.41. The first kappa shape index (κ1) is 37.8. The fourth-order valence-corrected chi connectivity index (χ4v) is 8.18. The lowest BCUT2D eigenvalue weighted by molar-refractivity contribution is 1.26. The van der Waals surface area contributed by atoms with Gasteiger partial charge in [-0.2, -0.15) is 0 Å². The Balaban J connectivity index is 1.45. The van der Waals surface area contributed by atoms with Crippen LogP contribution < -0.4 is 0 Å². The van der Waals surface area contributed by atoms with Gasteiger partial charge in [0.1, 0.15) is 0 Å². The van der Waals surface area contributed by atoms with Crippen LogP contribution >= 0.6 is 0 Å². The topological polar surface area (TPSA) is 0 Å². The summed E-state index contributed by atoms with van der Waals surface area (Å²) in [6.45, 7) is 29.0. The van der Waals surface area contributed by atoms with Gasteiger partial charge in [0.25, 0.3) is 0 Å². The molecule has 0 saturated carbocycles. The number of benzene rings is 7. The molecule has 0 amide bonds. The van der Waals surface area contributed by atoms with Crippen molar-refractivity contribution in [1.82, 2.24) is 0 Å². The predicted octanol–water partition coefficient (Wildman–Crippen LogP) is 15.7. The van der Waals surface area contributed by atoms with Crippen molar-refractivity contribution < 1.29 is 0 Å². The molecule has 0 radical (unpaired) electrons. The van der Waals surface area contributed by atoms with Crippen molar-refractivity contribution in [1.29, 1.82) is 0 Å². The highest BCUT2D eigenvalue weighted by Crippen LogP contribution is 2.40. The molecule has 0 aliphatic heterocycles. The standard InChI is InChI=1S/C55H56/c1-31-14-44(50-25-52(46-16-32(2)40(10)33(3)17-46)29-53(26-50)47-18-34(4)41(11)35(5)19-47)24-45(15-31)51-27-54(48-20-36(6)42(12)37(7)21-48)30-55(28-51)49-22-38(8)43(13)39(9)23-49/h14-30H,1-13H3. The molecule has 0 bridgehead atoms. The lowest BCUT2D eigenvalue weighted by Crippen LogP contribution is -1.94. The molecule has 0 heteroatoms. The first-order valence-corrected chi connectivity index (χ1v) is 19.8. The van der Waals surface area contributed by atoms with E-state index in [9.17, 15) is 0 Å². The molecule has 0 atom stereocenters. The predicted molar refractivity (Wildman–Crippen MR) is 241 cm³/mol. The van der Waals surface area contributed by atoms with E-state index in [1.807, 2.05) is 0 Å². The molecular formula is C55H56. The van der Waals surface area contributed by atoms with Gasteiger partial charge in [-0.05, 0) is 272 Å². The fraction of sp³-hybridized carbons (Fsp3) is 0.236. The van der Waals surface area contributed by atoms with Gasteiger partial charge in [0.15, 0.2) is 0 Å². The van der Waals surface area contributed by atoms with Crippen molar-refractivity contribution in [2.45, 2.75) is 90.0 Å². The maximum Gasteiger partial charge on any atom is -0.0171 e. The summed E-state index contributed by atoms with van der Waals surface area (Å²) >= 11 is 0. The summed E-state index contributed by atoms with van der Waals surface area (Å²) in [6.07, 6.45) is 0. The zero-order valence-corrected chi connectivity index (χ0v) is 35.3. The van der Waals surface area contributed by atoms with Gasteiger partial charge < -0.3 is 0 Å². The van der Waals surface area contributed by atoms with Gasteiger partial charge in [0, 0.05) is 0 Å². The van der Waals surface area contributed by atoms with E-state index in [0.29, 0.717) is 0 Å². The number of hydrogen-bond donors (Lipinski definition) is 0. The highest BCUT2D eigenvalue weighted by Gasteiger charge is 2.15. The molecule has 0 heterocycles. The minimum absolute atomic E-state index is 1.23. The van der Waals surface area contributed by atoms with E-state index in [1.54, 1.807) is 0 Å². The Morgan fingerprint density at radius 3 is 0.455 bits per heavy atom. The van der Waals surface area contributed by atoms with Crippen molar-refractivity contribution in [2.24, 2.45) is 0 Å². The summed E-state index contributed by atoms with van der Waals surface area (Å²) in [6, 6.07) is 40.3. The summed E-state index contributed by atoms with van der Waals surface area (Å²) in [5.41, 5.74) is 32.3. The van der Waals surface area contributed by atoms with E-state index in [-0.39, 0.29) is 0 Å². The lowest BCUT2D eigenvalue weighted by atomic mass is 9.87. The molecule has 0 aliphatic rings. The van der Waals surface area contributed by atoms with E-state index in [1.165, 1.54) is 139 Å². The van der Waals surface area contributed by atoms with Crippen molar-refractivity contribution in [3.05, 3.63) is 175 Å². The van der Waals surface area contributed by atoms with Crippen molar-refractivity contribution in [3.8, 4) is 66.8 Å². The summed E-state index contributed by atoms with van der Waals surface area (Å²) in [4.78, 5) is 0. The van der Waals surface area contributed by atoms with Crippen LogP contribution in [0.15, 0.2) is 103 Å². The number of aryl methyl sites for hydroxylation is 9. The second-order valence-corrected chi connectivity index (χ2v) is 16.6. The van der Waals surface area contributed by atoms with Gasteiger partial charge in [0.2, 0.25) is 0 Å². The van der Waals surface area contributed by atoms with Crippen LogP contribution in [-0.2, 0) is 0 Å². The lowest BCUT2D eigenvalue weighted by Gasteiger charge is -2.17. The van der Waals surface area contributed by atoms with Crippen LogP contribution in [-0.4, -0.2) is 0 Å². The summed E-state index contributed by atoms with van der Waals surface area (Å²) in [5.74, 6) is 0. The van der Waals surface area contributed by atoms with Crippen LogP contribution in [0.25, 0.3) is 66.8 Å². The Hall–Kier alpha value is -5.46. The molecule has 0 saturated heterocycles. The Morgan fingerprint density at radius 2 is 0.291 bits per heavy atom. The quantitative estimate of drug-likeness (QED) is 0.161. The number of hydrogen-bond acceptors (Lipinski definition) is 0. The van der Waals surface area contributed by atoms with Crippen LogP contribution in [0.5, 0.6) is 0 Å². The Kier molecular flexibility index (Phi) is 10.1. The minimum atomic E-state index is 1.23. The monoisotopic (exact) mass is 716 g/mol. The van der Waals surface area contributed by atoms with Crippen LogP contribution in [0.3, 0.4) is 0 Å². The highest BCUT2D eigenvalue weighted by molar-refractivity contribution is 5.87. The van der Waals surface area contributed by atoms with Gasteiger partial charge in [-0.1, -0.05) is 60.7 Å². The average Bonchev–Trinajstić information content (AvgIpc) is 3.15. The zero-order chi connectivity index (χ0) is 39.5. The second-order valence-electron chi connectivity index (χ2n) is 16.6. The third-order valence-electron chi connectivity index (χ3n) is 12.7. The summed E-state index contributed by atoms with van der Waals surface area (Å²) in [7, 11) is 0. The van der Waals surface area contributed by atoms with Gasteiger partial charge in [0.05, 0.1) is 0 Å². The van der Waals surface area contributed by atoms with E-state index < -0.39 is 0 Å². The molecule has 7 aromatic rings. The molecule has 7 aromatic carbocycles. The van der Waals surface area contributed by atoms with Crippen LogP contribution in [0.4, 0.5) is 0 Å². The van der Waals surface area contributed by atoms with Crippen LogP contribution in [0.1, 0.15) is 72.3 Å². The molecule has 0 aromatic heterocycles. The van der Waals surface area contributed by atoms with E-state index in [2.05, 4.69) is 193 Å². The average molecular weight is 717 g/mol. The molecule has 0 fully saturated rings. The molecule has 0 spiro atoms. The van der Waals surface area contributed by atoms with Crippen LogP contribution in [0, 0.1) is 90.0 Å². The molecule has 55 heavy (non-hydrogen) atoms. The Morgan fingerprint density at radius 1 is 0.164 bits per heavy atom.